The summed E-state index contributed by atoms with van der Waals surface area (Å²) in [7, 11) is -1.55. The summed E-state index contributed by atoms with van der Waals surface area (Å²) in [5.74, 6) is -0.0450. The van der Waals surface area contributed by atoms with E-state index in [1.807, 2.05) is 0 Å². The van der Waals surface area contributed by atoms with Gasteiger partial charge in [0, 0.05) is 17.9 Å². The van der Waals surface area contributed by atoms with E-state index in [1.165, 1.54) is 19.4 Å². The molecule has 1 fully saturated rings. The molecule has 24 heavy (non-hydrogen) atoms. The largest absolute Gasteiger partial charge is 0.495 e. The third kappa shape index (κ3) is 4.63. The molecular weight excluding hydrogens is 354 g/mol. The smallest absolute Gasteiger partial charge is 0.267 e. The van der Waals surface area contributed by atoms with Gasteiger partial charge in [0.05, 0.1) is 23.6 Å². The summed E-state index contributed by atoms with van der Waals surface area (Å²) in [5.41, 5.74) is 0.252. The number of halogens is 1. The maximum absolute atomic E-state index is 12.1. The van der Waals surface area contributed by atoms with Crippen LogP contribution in [-0.4, -0.2) is 39.0 Å². The number of sulfone groups is 1. The first kappa shape index (κ1) is 18.1. The van der Waals surface area contributed by atoms with Crippen molar-refractivity contribution in [2.75, 3.05) is 23.9 Å². The number of methoxy groups -OCH3 is 1. The first-order valence-electron chi connectivity index (χ1n) is 7.06. The maximum atomic E-state index is 12.1. The Kier molecular flexibility index (Phi) is 5.70. The second kappa shape index (κ2) is 7.55. The van der Waals surface area contributed by atoms with E-state index in [0.717, 1.165) is 0 Å². The number of ether oxygens (including phenoxy) is 1. The second-order valence-corrected chi connectivity index (χ2v) is 7.88. The first-order chi connectivity index (χ1) is 11.3. The molecule has 0 bridgehead atoms. The van der Waals surface area contributed by atoms with E-state index in [4.69, 9.17) is 21.6 Å². The molecule has 1 aliphatic rings. The Morgan fingerprint density at radius 3 is 2.79 bits per heavy atom. The highest BCUT2D eigenvalue weighted by Gasteiger charge is 2.27. The van der Waals surface area contributed by atoms with Crippen molar-refractivity contribution in [1.82, 2.24) is 5.32 Å². The van der Waals surface area contributed by atoms with Gasteiger partial charge in [0.25, 0.3) is 5.91 Å². The molecule has 1 unspecified atom stereocenters. The van der Waals surface area contributed by atoms with E-state index < -0.39 is 15.7 Å². The average molecular weight is 370 g/mol. The van der Waals surface area contributed by atoms with Gasteiger partial charge in [-0.3, -0.25) is 4.79 Å². The number of anilines is 1. The standard InChI is InChI=1S/C15H16ClN3O4S/c1-23-14-3-2-11(6-13(14)16)19-15(20)10(7-17)8-18-12-4-5-24(21,22)9-12/h2-3,6,8,12,18H,4-5,9H2,1H3,(H,19,20)/b10-8-. The number of nitrogens with one attached hydrogen (secondary N) is 2. The van der Waals surface area contributed by atoms with Crippen molar-refractivity contribution >= 4 is 33.0 Å². The SMILES string of the molecule is COc1ccc(NC(=O)/C(C#N)=C\NC2CCS(=O)(=O)C2)cc1Cl. The highest BCUT2D eigenvalue weighted by Crippen LogP contribution is 2.27. The topological polar surface area (TPSA) is 108 Å². The molecule has 7 nitrogen and oxygen atoms in total. The lowest BCUT2D eigenvalue weighted by atomic mass is 10.2. The van der Waals surface area contributed by atoms with Crippen LogP contribution < -0.4 is 15.4 Å². The number of carbonyl (C=O) groups excluding carboxylic acids is 1. The molecule has 0 spiro atoms. The Balaban J connectivity index is 2.02. The van der Waals surface area contributed by atoms with E-state index in [1.54, 1.807) is 18.2 Å². The zero-order valence-electron chi connectivity index (χ0n) is 12.9. The van der Waals surface area contributed by atoms with Crippen LogP contribution in [0, 0.1) is 11.3 Å². The van der Waals surface area contributed by atoms with Crippen LogP contribution in [0.15, 0.2) is 30.0 Å². The molecule has 1 aromatic rings. The van der Waals surface area contributed by atoms with Crippen LogP contribution in [0.5, 0.6) is 5.75 Å². The van der Waals surface area contributed by atoms with Crippen molar-refractivity contribution in [3.05, 3.63) is 35.0 Å². The minimum Gasteiger partial charge on any atom is -0.495 e. The van der Waals surface area contributed by atoms with Crippen molar-refractivity contribution < 1.29 is 17.9 Å². The minimum absolute atomic E-state index is 0.00207. The van der Waals surface area contributed by atoms with Crippen molar-refractivity contribution in [2.24, 2.45) is 0 Å². The predicted octanol–water partition coefficient (Wildman–Crippen LogP) is 1.47. The number of benzene rings is 1. The predicted molar refractivity (Wildman–Crippen MR) is 90.5 cm³/mol. The molecule has 1 heterocycles. The lowest BCUT2D eigenvalue weighted by Gasteiger charge is -2.09. The summed E-state index contributed by atoms with van der Waals surface area (Å²) >= 11 is 5.98. The van der Waals surface area contributed by atoms with Gasteiger partial charge in [0.15, 0.2) is 9.84 Å². The van der Waals surface area contributed by atoms with Gasteiger partial charge in [-0.2, -0.15) is 5.26 Å². The van der Waals surface area contributed by atoms with Gasteiger partial charge < -0.3 is 15.4 Å². The zero-order valence-corrected chi connectivity index (χ0v) is 14.4. The van der Waals surface area contributed by atoms with Crippen LogP contribution in [0.25, 0.3) is 0 Å². The van der Waals surface area contributed by atoms with Crippen molar-refractivity contribution in [1.29, 1.82) is 5.26 Å². The van der Waals surface area contributed by atoms with Gasteiger partial charge in [-0.25, -0.2) is 8.42 Å². The summed E-state index contributed by atoms with van der Waals surface area (Å²) in [6.45, 7) is 0. The highest BCUT2D eigenvalue weighted by molar-refractivity contribution is 7.91. The van der Waals surface area contributed by atoms with Crippen molar-refractivity contribution in [3.8, 4) is 11.8 Å². The molecule has 2 rings (SSSR count). The monoisotopic (exact) mass is 369 g/mol. The van der Waals surface area contributed by atoms with Crippen LogP contribution in [0.2, 0.25) is 5.02 Å². The molecular formula is C15H16ClN3O4S. The Labute approximate surface area is 145 Å². The van der Waals surface area contributed by atoms with Crippen LogP contribution in [-0.2, 0) is 14.6 Å². The molecule has 0 saturated carbocycles. The normalized spacial score (nSPS) is 19.4. The van der Waals surface area contributed by atoms with E-state index in [2.05, 4.69) is 10.6 Å². The molecule has 2 N–H and O–H groups in total. The fraction of sp³-hybridized carbons (Fsp3) is 0.333. The average Bonchev–Trinajstić information content (AvgIpc) is 2.87. The Hall–Kier alpha value is -2.24. The first-order valence-corrected chi connectivity index (χ1v) is 9.26. The summed E-state index contributed by atoms with van der Waals surface area (Å²) in [6.07, 6.45) is 1.69. The lowest BCUT2D eigenvalue weighted by molar-refractivity contribution is -0.112. The fourth-order valence-corrected chi connectivity index (χ4v) is 4.16. The van der Waals surface area contributed by atoms with Gasteiger partial charge in [-0.05, 0) is 24.6 Å². The number of carbonyl (C=O) groups is 1. The molecule has 1 atom stereocenters. The van der Waals surface area contributed by atoms with Gasteiger partial charge >= 0.3 is 0 Å². The molecule has 0 radical (unpaired) electrons. The van der Waals surface area contributed by atoms with Crippen LogP contribution >= 0.6 is 11.6 Å². The van der Waals surface area contributed by atoms with Crippen molar-refractivity contribution in [3.63, 3.8) is 0 Å². The third-order valence-corrected chi connectivity index (χ3v) is 5.53. The Bertz CT molecular complexity index is 814. The lowest BCUT2D eigenvalue weighted by Crippen LogP contribution is -2.27. The third-order valence-electron chi connectivity index (χ3n) is 3.47. The van der Waals surface area contributed by atoms with E-state index in [-0.39, 0.29) is 23.1 Å². The molecule has 1 amide bonds. The fourth-order valence-electron chi connectivity index (χ4n) is 2.22. The number of hydrogen-bond acceptors (Lipinski definition) is 6. The Morgan fingerprint density at radius 1 is 1.50 bits per heavy atom. The molecule has 1 saturated heterocycles. The number of nitriles is 1. The maximum Gasteiger partial charge on any atom is 0.267 e. The number of nitrogens with zero attached hydrogens (tertiary/aromatic N) is 1. The van der Waals surface area contributed by atoms with Crippen LogP contribution in [0.4, 0.5) is 5.69 Å². The molecule has 128 valence electrons. The zero-order chi connectivity index (χ0) is 17.7. The minimum atomic E-state index is -3.03. The molecule has 0 aromatic heterocycles. The molecule has 1 aliphatic heterocycles. The highest BCUT2D eigenvalue weighted by atomic mass is 35.5. The molecule has 1 aromatic carbocycles. The summed E-state index contributed by atoms with van der Waals surface area (Å²) in [6, 6.07) is 6.18. The summed E-state index contributed by atoms with van der Waals surface area (Å²) in [4.78, 5) is 12.1. The number of rotatable bonds is 5. The summed E-state index contributed by atoms with van der Waals surface area (Å²) in [5, 5.41) is 14.8. The molecule has 9 heteroatoms. The van der Waals surface area contributed by atoms with Gasteiger partial charge in [-0.1, -0.05) is 11.6 Å². The second-order valence-electron chi connectivity index (χ2n) is 5.24. The van der Waals surface area contributed by atoms with E-state index in [9.17, 15) is 13.2 Å². The molecule has 0 aliphatic carbocycles. The number of amides is 1. The van der Waals surface area contributed by atoms with Gasteiger partial charge in [-0.15, -0.1) is 0 Å². The van der Waals surface area contributed by atoms with E-state index in [0.29, 0.717) is 22.9 Å². The Morgan fingerprint density at radius 2 is 2.25 bits per heavy atom. The number of hydrogen-bond donors (Lipinski definition) is 2. The van der Waals surface area contributed by atoms with E-state index >= 15 is 0 Å². The van der Waals surface area contributed by atoms with Crippen LogP contribution in [0.3, 0.4) is 0 Å². The summed E-state index contributed by atoms with van der Waals surface area (Å²) < 4.78 is 27.8. The quantitative estimate of drug-likeness (QED) is 0.601. The van der Waals surface area contributed by atoms with Gasteiger partial charge in [0.1, 0.15) is 17.4 Å². The van der Waals surface area contributed by atoms with Gasteiger partial charge in [0.2, 0.25) is 0 Å². The van der Waals surface area contributed by atoms with Crippen molar-refractivity contribution in [2.45, 2.75) is 12.5 Å². The van der Waals surface area contributed by atoms with Crippen LogP contribution in [0.1, 0.15) is 6.42 Å².